The zero-order valence-electron chi connectivity index (χ0n) is 60.8. The maximum absolute atomic E-state index is 5.95. The Bertz CT molecular complexity index is 5290. The molecule has 2 N–H and O–H groups in total. The summed E-state index contributed by atoms with van der Waals surface area (Å²) in [6.45, 7) is 40.4. The molecule has 0 saturated heterocycles. The number of fused-ring (bicyclic) bond motifs is 17. The molecule has 0 amide bonds. The number of rotatable bonds is 6. The van der Waals surface area contributed by atoms with Crippen LogP contribution in [0.25, 0.3) is 134 Å². The molecule has 0 unspecified atom stereocenters. The first-order chi connectivity index (χ1) is 47.3. The van der Waals surface area contributed by atoms with Gasteiger partial charge >= 0.3 is 0 Å². The molecule has 13 aromatic rings. The molecule has 0 aliphatic carbocycles. The monoisotopic (exact) mass is 1310 g/mol. The van der Waals surface area contributed by atoms with Crippen molar-refractivity contribution in [2.24, 2.45) is 0 Å². The predicted octanol–water partition coefficient (Wildman–Crippen LogP) is 21.7. The Morgan fingerprint density at radius 2 is 0.460 bits per heavy atom. The van der Waals surface area contributed by atoms with E-state index in [2.05, 4.69) is 280 Å². The summed E-state index contributed by atoms with van der Waals surface area (Å²) < 4.78 is 0. The van der Waals surface area contributed by atoms with Gasteiger partial charge < -0.3 is 9.97 Å². The van der Waals surface area contributed by atoms with Crippen molar-refractivity contribution in [3.63, 3.8) is 0 Å². The van der Waals surface area contributed by atoms with Crippen LogP contribution in [-0.4, -0.2) is 59.8 Å². The summed E-state index contributed by atoms with van der Waals surface area (Å²) in [4.78, 5) is 63.8. The molecule has 0 radical (unpaired) electrons. The molecule has 15 rings (SSSR count). The second-order valence-electron chi connectivity index (χ2n) is 33.2. The SMILES string of the molecule is CC(C)(C)c1ccc(C2=C(c3ccc(C(C)(C)C)cc3)c3nc2nc2[nH]c(nc4nc(nc5[nH]c(n3)c(-c3ccc(C(C)(C)C)cc3)c5-c3ccc(C(C)(C)C)cc3)-c3nc5c6cccnc6c6ncccc6c5nc3-4)c(-c3ccc(C(C)(C)C)cc3)c2-c2ccc(C(C)(C)C)cc2)cc1. The number of nitrogens with zero attached hydrogens (tertiary/aromatic N) is 10. The Kier molecular flexibility index (Phi) is 15.3. The summed E-state index contributed by atoms with van der Waals surface area (Å²) in [6, 6.07) is 61.3. The molecule has 0 spiro atoms. The molecule has 12 nitrogen and oxygen atoms in total. The van der Waals surface area contributed by atoms with Gasteiger partial charge in [-0.15, -0.1) is 0 Å². The van der Waals surface area contributed by atoms with Gasteiger partial charge in [0.05, 0.1) is 22.1 Å². The summed E-state index contributed by atoms with van der Waals surface area (Å²) >= 11 is 0. The van der Waals surface area contributed by atoms with E-state index in [1.165, 1.54) is 33.4 Å². The van der Waals surface area contributed by atoms with Crippen LogP contribution in [0, 0.1) is 0 Å². The van der Waals surface area contributed by atoms with Crippen molar-refractivity contribution in [1.29, 1.82) is 0 Å². The lowest BCUT2D eigenvalue weighted by atomic mass is 9.84. The number of benzene rings is 7. The first-order valence-electron chi connectivity index (χ1n) is 34.9. The highest BCUT2D eigenvalue weighted by molar-refractivity contribution is 6.21. The average Bonchev–Trinajstić information content (AvgIpc) is 1.04. The van der Waals surface area contributed by atoms with Crippen molar-refractivity contribution >= 4 is 66.6 Å². The van der Waals surface area contributed by atoms with Crippen LogP contribution < -0.4 is 0 Å². The van der Waals surface area contributed by atoms with Gasteiger partial charge in [0.25, 0.3) is 0 Å². The summed E-state index contributed by atoms with van der Waals surface area (Å²) in [5, 5.41) is 1.61. The zero-order chi connectivity index (χ0) is 70.3. The first kappa shape index (κ1) is 65.2. The molecule has 0 atom stereocenters. The lowest BCUT2D eigenvalue weighted by molar-refractivity contribution is 0.590. The molecule has 0 saturated carbocycles. The fraction of sp³-hybridized carbons (Fsp3) is 0.273. The van der Waals surface area contributed by atoms with Crippen molar-refractivity contribution < 1.29 is 0 Å². The van der Waals surface area contributed by atoms with Crippen LogP contribution in [0.4, 0.5) is 0 Å². The van der Waals surface area contributed by atoms with Crippen LogP contribution in [0.5, 0.6) is 0 Å². The van der Waals surface area contributed by atoms with Gasteiger partial charge in [-0.25, -0.2) is 39.9 Å². The third-order valence-corrected chi connectivity index (χ3v) is 19.8. The van der Waals surface area contributed by atoms with E-state index in [1.54, 1.807) is 12.4 Å². The number of aromatic nitrogens is 12. The second-order valence-corrected chi connectivity index (χ2v) is 33.2. The Morgan fingerprint density at radius 3 is 0.710 bits per heavy atom. The van der Waals surface area contributed by atoms with Gasteiger partial charge in [-0.2, -0.15) is 0 Å². The summed E-state index contributed by atoms with van der Waals surface area (Å²) in [7, 11) is 0. The Morgan fingerprint density at radius 1 is 0.230 bits per heavy atom. The highest BCUT2D eigenvalue weighted by Crippen LogP contribution is 2.47. The van der Waals surface area contributed by atoms with Gasteiger partial charge in [0.2, 0.25) is 0 Å². The number of H-pyrrole nitrogens is 2. The van der Waals surface area contributed by atoms with Crippen LogP contribution in [0.3, 0.4) is 0 Å². The van der Waals surface area contributed by atoms with Crippen molar-refractivity contribution in [3.05, 3.63) is 238 Å². The van der Waals surface area contributed by atoms with E-state index in [1.807, 2.05) is 24.3 Å². The standard InChI is InChI=1S/C88H86N12/c1-83(2,3)55-35-23-49(24-36-55)63-64(50-25-37-56(38-26-50)84(4,5)6)76-93-75(63)94-77-65(51-27-39-57(40-28-51)85(7,8)9)67(53-31-43-59(44-32-53)87(13,14)15)79(96-77)98-81-73-74(92-72-62-22-20-48-90-70(62)69-61(71(72)91-73)21-19-47-89-69)82(100-81)99-80-68(54-33-45-60(46-34-54)88(16,17)18)66(78(95-76)97-80)52-29-41-58(42-30-52)86(10,11)12/h19-48H,1-18H3,(H2,93,94,95,96,97,98,99,100). The lowest BCUT2D eigenvalue weighted by Gasteiger charge is -2.20. The van der Waals surface area contributed by atoms with E-state index in [0.717, 1.165) is 88.6 Å². The fourth-order valence-corrected chi connectivity index (χ4v) is 13.9. The molecule has 8 heterocycles. The van der Waals surface area contributed by atoms with E-state index >= 15 is 0 Å². The molecule has 2 aliphatic heterocycles. The van der Waals surface area contributed by atoms with Crippen molar-refractivity contribution in [2.45, 2.75) is 157 Å². The highest BCUT2D eigenvalue weighted by atomic mass is 15.1. The first-order valence-corrected chi connectivity index (χ1v) is 34.9. The van der Waals surface area contributed by atoms with E-state index in [-0.39, 0.29) is 32.5 Å². The number of pyridine rings is 2. The predicted molar refractivity (Wildman–Crippen MR) is 412 cm³/mol. The van der Waals surface area contributed by atoms with Gasteiger partial charge in [0.1, 0.15) is 34.0 Å². The van der Waals surface area contributed by atoms with E-state index in [4.69, 9.17) is 49.8 Å². The van der Waals surface area contributed by atoms with Crippen LogP contribution in [0.1, 0.15) is 181 Å². The van der Waals surface area contributed by atoms with Crippen molar-refractivity contribution in [3.8, 4) is 67.5 Å². The van der Waals surface area contributed by atoms with Crippen LogP contribution in [0.2, 0.25) is 0 Å². The maximum atomic E-state index is 5.95. The highest BCUT2D eigenvalue weighted by Gasteiger charge is 2.33. The Hall–Kier alpha value is -10.7. The van der Waals surface area contributed by atoms with Gasteiger partial charge in [-0.05, 0) is 124 Å². The zero-order valence-corrected chi connectivity index (χ0v) is 60.8. The minimum absolute atomic E-state index is 0.115. The Labute approximate surface area is 586 Å². The van der Waals surface area contributed by atoms with Crippen LogP contribution >= 0.6 is 0 Å². The van der Waals surface area contributed by atoms with Crippen molar-refractivity contribution in [1.82, 2.24) is 59.8 Å². The molecule has 6 aromatic heterocycles. The average molecular weight is 1310 g/mol. The summed E-state index contributed by atoms with van der Waals surface area (Å²) in [5.74, 6) is 1.58. The fourth-order valence-electron chi connectivity index (χ4n) is 13.9. The topological polar surface area (TPSA) is 160 Å². The van der Waals surface area contributed by atoms with Crippen LogP contribution in [0.15, 0.2) is 182 Å². The molecular formula is C88H86N12. The molecule has 0 fully saturated rings. The van der Waals surface area contributed by atoms with E-state index in [0.29, 0.717) is 68.3 Å². The minimum atomic E-state index is -0.119. The number of hydrogen-bond donors (Lipinski definition) is 2. The molecular weight excluding hydrogens is 1230 g/mol. The molecule has 498 valence electrons. The lowest BCUT2D eigenvalue weighted by Crippen LogP contribution is -2.11. The second kappa shape index (κ2) is 23.5. The van der Waals surface area contributed by atoms with Crippen LogP contribution in [-0.2, 0) is 32.5 Å². The van der Waals surface area contributed by atoms with E-state index < -0.39 is 0 Å². The van der Waals surface area contributed by atoms with E-state index in [9.17, 15) is 0 Å². The third-order valence-electron chi connectivity index (χ3n) is 19.8. The number of hydrogen-bond acceptors (Lipinski definition) is 10. The van der Waals surface area contributed by atoms with Gasteiger partial charge in [-0.1, -0.05) is 270 Å². The molecule has 7 aromatic carbocycles. The number of aromatic amines is 2. The molecule has 2 aliphatic rings. The van der Waals surface area contributed by atoms with Gasteiger partial charge in [-0.3, -0.25) is 9.97 Å². The third kappa shape index (κ3) is 11.7. The largest absolute Gasteiger partial charge is 0.324 e. The molecule has 100 heavy (non-hydrogen) atoms. The quantitative estimate of drug-likeness (QED) is 0.153. The summed E-state index contributed by atoms with van der Waals surface area (Å²) in [6.07, 6.45) is 3.59. The minimum Gasteiger partial charge on any atom is -0.324 e. The molecule has 12 heteroatoms. The smallest absolute Gasteiger partial charge is 0.184 e. The molecule has 8 bridgehead atoms. The van der Waals surface area contributed by atoms with Gasteiger partial charge in [0.15, 0.2) is 23.3 Å². The van der Waals surface area contributed by atoms with Gasteiger partial charge in [0, 0.05) is 56.6 Å². The number of nitrogens with one attached hydrogen (secondary N) is 2. The summed E-state index contributed by atoms with van der Waals surface area (Å²) in [5.41, 5.74) is 22.9. The normalized spacial score (nSPS) is 13.3. The van der Waals surface area contributed by atoms with Crippen molar-refractivity contribution in [2.75, 3.05) is 0 Å². The maximum Gasteiger partial charge on any atom is 0.184 e. The Balaban J connectivity index is 1.17.